The van der Waals surface area contributed by atoms with E-state index in [1.807, 2.05) is 24.1 Å². The zero-order valence-corrected chi connectivity index (χ0v) is 9.63. The molecule has 0 unspecified atom stereocenters. The molecule has 4 heteroatoms. The smallest absolute Gasteiger partial charge is 0.0945 e. The van der Waals surface area contributed by atoms with Crippen LogP contribution in [0.3, 0.4) is 0 Å². The molecule has 80 valence electrons. The zero-order valence-electron chi connectivity index (χ0n) is 8.81. The van der Waals surface area contributed by atoms with Gasteiger partial charge in [-0.3, -0.25) is 0 Å². The second-order valence-electron chi connectivity index (χ2n) is 3.55. The summed E-state index contributed by atoms with van der Waals surface area (Å²) in [5.41, 5.74) is 2.64. The summed E-state index contributed by atoms with van der Waals surface area (Å²) in [5, 5.41) is 7.73. The van der Waals surface area contributed by atoms with E-state index < -0.39 is 0 Å². The van der Waals surface area contributed by atoms with E-state index in [-0.39, 0.29) is 0 Å². The molecule has 0 aliphatic heterocycles. The maximum Gasteiger partial charge on any atom is 0.0945 e. The van der Waals surface area contributed by atoms with Crippen LogP contribution in [0, 0.1) is 0 Å². The molecule has 0 fully saturated rings. The van der Waals surface area contributed by atoms with Crippen LogP contribution >= 0.6 is 11.3 Å². The highest BCUT2D eigenvalue weighted by Gasteiger charge is 1.97. The number of nitrogens with one attached hydrogen (secondary N) is 1. The van der Waals surface area contributed by atoms with Gasteiger partial charge in [0.2, 0.25) is 0 Å². The van der Waals surface area contributed by atoms with Crippen molar-refractivity contribution in [3.05, 3.63) is 40.6 Å². The second kappa shape index (κ2) is 5.09. The van der Waals surface area contributed by atoms with Gasteiger partial charge >= 0.3 is 0 Å². The van der Waals surface area contributed by atoms with E-state index in [1.54, 1.807) is 11.3 Å². The first-order valence-corrected chi connectivity index (χ1v) is 5.97. The third-order valence-corrected chi connectivity index (χ3v) is 3.13. The highest BCUT2D eigenvalue weighted by Crippen LogP contribution is 2.05. The number of hydrogen-bond donors (Lipinski definition) is 1. The van der Waals surface area contributed by atoms with Crippen molar-refractivity contribution in [1.82, 2.24) is 14.9 Å². The van der Waals surface area contributed by atoms with Gasteiger partial charge in [0.25, 0.3) is 0 Å². The first-order valence-electron chi connectivity index (χ1n) is 5.03. The fraction of sp³-hybridized carbons (Fsp3) is 0.364. The maximum atomic E-state index is 4.07. The summed E-state index contributed by atoms with van der Waals surface area (Å²) >= 11 is 1.76. The fourth-order valence-electron chi connectivity index (χ4n) is 1.44. The Balaban J connectivity index is 1.70. The first kappa shape index (κ1) is 10.4. The third kappa shape index (κ3) is 2.91. The highest BCUT2D eigenvalue weighted by molar-refractivity contribution is 7.07. The second-order valence-corrected chi connectivity index (χ2v) is 4.33. The first-order chi connectivity index (χ1) is 7.36. The summed E-state index contributed by atoms with van der Waals surface area (Å²) in [4.78, 5) is 4.07. The molecule has 2 rings (SSSR count). The predicted molar refractivity (Wildman–Crippen MR) is 62.9 cm³/mol. The van der Waals surface area contributed by atoms with Crippen molar-refractivity contribution in [1.29, 1.82) is 0 Å². The minimum Gasteiger partial charge on any atom is -0.337 e. The molecule has 0 spiro atoms. The normalized spacial score (nSPS) is 10.7. The van der Waals surface area contributed by atoms with Crippen molar-refractivity contribution in [2.24, 2.45) is 7.05 Å². The SMILES string of the molecule is Cn1cncc1CNCCc1ccsc1. The van der Waals surface area contributed by atoms with Crippen LogP contribution in [0.4, 0.5) is 0 Å². The van der Waals surface area contributed by atoms with E-state index in [1.165, 1.54) is 11.3 Å². The number of hydrogen-bond acceptors (Lipinski definition) is 3. The summed E-state index contributed by atoms with van der Waals surface area (Å²) in [6.07, 6.45) is 4.83. The predicted octanol–water partition coefficient (Wildman–Crippen LogP) is 1.81. The van der Waals surface area contributed by atoms with Gasteiger partial charge in [-0.25, -0.2) is 4.98 Å². The quantitative estimate of drug-likeness (QED) is 0.780. The Bertz CT molecular complexity index is 392. The molecule has 0 atom stereocenters. The van der Waals surface area contributed by atoms with Crippen LogP contribution in [0.25, 0.3) is 0 Å². The van der Waals surface area contributed by atoms with Crippen LogP contribution in [0.2, 0.25) is 0 Å². The number of aromatic nitrogens is 2. The van der Waals surface area contributed by atoms with Crippen LogP contribution in [0.5, 0.6) is 0 Å². The standard InChI is InChI=1S/C11H15N3S/c1-14-9-13-7-11(14)6-12-4-2-10-3-5-15-8-10/h3,5,7-9,12H,2,4,6H2,1H3. The van der Waals surface area contributed by atoms with E-state index in [2.05, 4.69) is 27.1 Å². The van der Waals surface area contributed by atoms with Crippen LogP contribution in [-0.2, 0) is 20.0 Å². The molecule has 1 N–H and O–H groups in total. The van der Waals surface area contributed by atoms with Crippen LogP contribution < -0.4 is 5.32 Å². The van der Waals surface area contributed by atoms with E-state index in [0.29, 0.717) is 0 Å². The molecule has 2 aromatic heterocycles. The van der Waals surface area contributed by atoms with Gasteiger partial charge in [-0.05, 0) is 35.4 Å². The van der Waals surface area contributed by atoms with Crippen molar-refractivity contribution < 1.29 is 0 Å². The fourth-order valence-corrected chi connectivity index (χ4v) is 2.14. The molecule has 3 nitrogen and oxygen atoms in total. The lowest BCUT2D eigenvalue weighted by atomic mass is 10.2. The molecule has 0 radical (unpaired) electrons. The molecule has 15 heavy (non-hydrogen) atoms. The van der Waals surface area contributed by atoms with Crippen LogP contribution in [-0.4, -0.2) is 16.1 Å². The molecular formula is C11H15N3S. The van der Waals surface area contributed by atoms with Gasteiger partial charge in [-0.1, -0.05) is 0 Å². The highest BCUT2D eigenvalue weighted by atomic mass is 32.1. The van der Waals surface area contributed by atoms with Gasteiger partial charge < -0.3 is 9.88 Å². The van der Waals surface area contributed by atoms with Gasteiger partial charge in [0.05, 0.1) is 12.0 Å². The zero-order chi connectivity index (χ0) is 10.5. The molecule has 0 aromatic carbocycles. The maximum absolute atomic E-state index is 4.07. The van der Waals surface area contributed by atoms with Gasteiger partial charge in [-0.15, -0.1) is 0 Å². The Labute approximate surface area is 93.8 Å². The molecule has 0 amide bonds. The van der Waals surface area contributed by atoms with E-state index >= 15 is 0 Å². The summed E-state index contributed by atoms with van der Waals surface area (Å²) in [6, 6.07) is 2.18. The van der Waals surface area contributed by atoms with Crippen molar-refractivity contribution >= 4 is 11.3 Å². The van der Waals surface area contributed by atoms with Gasteiger partial charge in [-0.2, -0.15) is 11.3 Å². The average molecular weight is 221 g/mol. The van der Waals surface area contributed by atoms with Gasteiger partial charge in [0.15, 0.2) is 0 Å². The van der Waals surface area contributed by atoms with Crippen LogP contribution in [0.15, 0.2) is 29.4 Å². The van der Waals surface area contributed by atoms with Crippen molar-refractivity contribution in [3.8, 4) is 0 Å². The molecule has 0 bridgehead atoms. The van der Waals surface area contributed by atoms with E-state index in [0.717, 1.165) is 19.5 Å². The molecule has 0 aliphatic rings. The lowest BCUT2D eigenvalue weighted by molar-refractivity contribution is 0.653. The Hall–Kier alpha value is -1.13. The Morgan fingerprint density at radius 2 is 2.47 bits per heavy atom. The van der Waals surface area contributed by atoms with Gasteiger partial charge in [0.1, 0.15) is 0 Å². The number of aryl methyl sites for hydroxylation is 1. The van der Waals surface area contributed by atoms with E-state index in [4.69, 9.17) is 0 Å². The lowest BCUT2D eigenvalue weighted by Gasteiger charge is -2.04. The van der Waals surface area contributed by atoms with Gasteiger partial charge in [0, 0.05) is 19.8 Å². The van der Waals surface area contributed by atoms with Crippen molar-refractivity contribution in [3.63, 3.8) is 0 Å². The Morgan fingerprint density at radius 3 is 3.13 bits per heavy atom. The molecule has 2 heterocycles. The number of imidazole rings is 1. The molecule has 2 aromatic rings. The molecule has 0 saturated heterocycles. The summed E-state index contributed by atoms with van der Waals surface area (Å²) in [6.45, 7) is 1.91. The summed E-state index contributed by atoms with van der Waals surface area (Å²) in [7, 11) is 2.02. The minimum absolute atomic E-state index is 0.890. The third-order valence-electron chi connectivity index (χ3n) is 2.39. The average Bonchev–Trinajstić information content (AvgIpc) is 2.85. The molecule has 0 aliphatic carbocycles. The number of thiophene rings is 1. The molecule has 0 saturated carbocycles. The summed E-state index contributed by atoms with van der Waals surface area (Å²) in [5.74, 6) is 0. The molecular weight excluding hydrogens is 206 g/mol. The minimum atomic E-state index is 0.890. The number of nitrogens with zero attached hydrogens (tertiary/aromatic N) is 2. The lowest BCUT2D eigenvalue weighted by Crippen LogP contribution is -2.18. The topological polar surface area (TPSA) is 29.9 Å². The largest absolute Gasteiger partial charge is 0.337 e. The number of rotatable bonds is 5. The Morgan fingerprint density at radius 1 is 1.53 bits per heavy atom. The van der Waals surface area contributed by atoms with Crippen LogP contribution in [0.1, 0.15) is 11.3 Å². The monoisotopic (exact) mass is 221 g/mol. The van der Waals surface area contributed by atoms with Crippen molar-refractivity contribution in [2.75, 3.05) is 6.54 Å². The van der Waals surface area contributed by atoms with Crippen molar-refractivity contribution in [2.45, 2.75) is 13.0 Å². The summed E-state index contributed by atoms with van der Waals surface area (Å²) < 4.78 is 2.04. The Kier molecular flexibility index (Phi) is 3.53. The van der Waals surface area contributed by atoms with E-state index in [9.17, 15) is 0 Å².